The van der Waals surface area contributed by atoms with Crippen molar-refractivity contribution in [1.29, 1.82) is 0 Å². The van der Waals surface area contributed by atoms with Crippen LogP contribution in [0, 0.1) is 0 Å². The molecule has 0 bridgehead atoms. The number of fused-ring (bicyclic) bond motifs is 1. The van der Waals surface area contributed by atoms with E-state index in [9.17, 15) is 10.2 Å². The number of aryl methyl sites for hydroxylation is 1. The summed E-state index contributed by atoms with van der Waals surface area (Å²) < 4.78 is 6.51. The SMILES string of the molecule is OCC(O)c1csc(Nc2ncc(SCc3ccccn3)cc2OC2CCCc3ncncc32)n1. The largest absolute Gasteiger partial charge is 0.482 e. The molecule has 4 aromatic heterocycles. The summed E-state index contributed by atoms with van der Waals surface area (Å²) in [5, 5.41) is 24.5. The molecule has 4 aromatic rings. The fraction of sp³-hybridized carbons (Fsp3) is 0.292. The first-order chi connectivity index (χ1) is 17.2. The minimum atomic E-state index is -1.02. The normalized spacial score (nSPS) is 15.9. The van der Waals surface area contributed by atoms with Gasteiger partial charge < -0.3 is 20.3 Å². The number of anilines is 2. The summed E-state index contributed by atoms with van der Waals surface area (Å²) >= 11 is 2.95. The van der Waals surface area contributed by atoms with Gasteiger partial charge in [0, 0.05) is 40.2 Å². The number of thiazole rings is 1. The van der Waals surface area contributed by atoms with Crippen molar-refractivity contribution in [3.63, 3.8) is 0 Å². The van der Waals surface area contributed by atoms with E-state index >= 15 is 0 Å². The third kappa shape index (κ3) is 5.76. The smallest absolute Gasteiger partial charge is 0.188 e. The van der Waals surface area contributed by atoms with Crippen molar-refractivity contribution in [1.82, 2.24) is 24.9 Å². The standard InChI is InChI=1S/C24H24N6O3S2/c31-11-20(32)19-13-35-24(29-19)30-23-22(33-21-6-3-5-18-17(21)10-25-14-28-18)8-16(9-27-23)34-12-15-4-1-2-7-26-15/h1-2,4,7-10,13-14,20-21,31-32H,3,5-6,11-12H2,(H,27,29,30). The molecule has 0 aliphatic heterocycles. The Morgan fingerprint density at radius 2 is 2.17 bits per heavy atom. The topological polar surface area (TPSA) is 126 Å². The molecule has 35 heavy (non-hydrogen) atoms. The van der Waals surface area contributed by atoms with E-state index in [-0.39, 0.29) is 12.7 Å². The lowest BCUT2D eigenvalue weighted by molar-refractivity contribution is 0.0928. The molecule has 2 atom stereocenters. The predicted octanol–water partition coefficient (Wildman–Crippen LogP) is 4.24. The maximum atomic E-state index is 9.87. The maximum absolute atomic E-state index is 9.87. The molecular weight excluding hydrogens is 484 g/mol. The van der Waals surface area contributed by atoms with Gasteiger partial charge in [-0.3, -0.25) is 4.98 Å². The molecule has 180 valence electrons. The van der Waals surface area contributed by atoms with Crippen LogP contribution < -0.4 is 10.1 Å². The molecule has 11 heteroatoms. The Morgan fingerprint density at radius 3 is 3.03 bits per heavy atom. The Hall–Kier alpha value is -3.12. The van der Waals surface area contributed by atoms with Gasteiger partial charge in [-0.2, -0.15) is 0 Å². The Bertz CT molecular complexity index is 1270. The van der Waals surface area contributed by atoms with Crippen LogP contribution in [0.25, 0.3) is 0 Å². The minimum absolute atomic E-state index is 0.179. The Kier molecular flexibility index (Phi) is 7.48. The third-order valence-corrected chi connectivity index (χ3v) is 7.30. The van der Waals surface area contributed by atoms with Gasteiger partial charge in [0.15, 0.2) is 16.7 Å². The molecule has 1 aliphatic rings. The number of pyridine rings is 2. The van der Waals surface area contributed by atoms with Gasteiger partial charge in [-0.1, -0.05) is 6.07 Å². The number of thioether (sulfide) groups is 1. The van der Waals surface area contributed by atoms with Crippen LogP contribution in [-0.4, -0.2) is 41.7 Å². The number of aliphatic hydroxyl groups excluding tert-OH is 2. The minimum Gasteiger partial charge on any atom is -0.482 e. The number of hydrogen-bond donors (Lipinski definition) is 3. The average molecular weight is 509 g/mol. The van der Waals surface area contributed by atoms with Crippen molar-refractivity contribution < 1.29 is 14.9 Å². The molecule has 0 spiro atoms. The second kappa shape index (κ2) is 11.1. The number of aromatic nitrogens is 5. The maximum Gasteiger partial charge on any atom is 0.188 e. The summed E-state index contributed by atoms with van der Waals surface area (Å²) in [6, 6.07) is 7.84. The number of rotatable bonds is 9. The van der Waals surface area contributed by atoms with Crippen LogP contribution in [0.1, 0.15) is 47.7 Å². The highest BCUT2D eigenvalue weighted by Gasteiger charge is 2.25. The molecule has 5 rings (SSSR count). The Labute approximate surface area is 210 Å². The zero-order valence-electron chi connectivity index (χ0n) is 18.7. The first kappa shape index (κ1) is 23.6. The molecule has 0 aromatic carbocycles. The summed E-state index contributed by atoms with van der Waals surface area (Å²) in [5.74, 6) is 1.83. The van der Waals surface area contributed by atoms with Crippen LogP contribution in [0.5, 0.6) is 5.75 Å². The van der Waals surface area contributed by atoms with Crippen LogP contribution in [0.15, 0.2) is 59.5 Å². The van der Waals surface area contributed by atoms with Crippen molar-refractivity contribution in [3.8, 4) is 5.75 Å². The van der Waals surface area contributed by atoms with E-state index in [1.165, 1.54) is 11.3 Å². The molecule has 0 radical (unpaired) electrons. The van der Waals surface area contributed by atoms with Crippen LogP contribution in [0.3, 0.4) is 0 Å². The summed E-state index contributed by atoms with van der Waals surface area (Å²) in [6.45, 7) is -0.388. The van der Waals surface area contributed by atoms with E-state index < -0.39 is 6.10 Å². The quantitative estimate of drug-likeness (QED) is 0.283. The van der Waals surface area contributed by atoms with Crippen molar-refractivity contribution in [3.05, 3.63) is 77.2 Å². The van der Waals surface area contributed by atoms with Crippen molar-refractivity contribution >= 4 is 34.0 Å². The fourth-order valence-corrected chi connectivity index (χ4v) is 5.31. The highest BCUT2D eigenvalue weighted by atomic mass is 32.2. The summed E-state index contributed by atoms with van der Waals surface area (Å²) in [4.78, 5) is 23.0. The number of aliphatic hydroxyl groups is 2. The van der Waals surface area contributed by atoms with Gasteiger partial charge >= 0.3 is 0 Å². The van der Waals surface area contributed by atoms with Crippen molar-refractivity contribution in [2.45, 2.75) is 42.1 Å². The van der Waals surface area contributed by atoms with Gasteiger partial charge in [-0.05, 0) is 37.5 Å². The third-order valence-electron chi connectivity index (χ3n) is 5.53. The zero-order chi connectivity index (χ0) is 24.0. The molecule has 2 unspecified atom stereocenters. The molecule has 0 amide bonds. The predicted molar refractivity (Wildman–Crippen MR) is 134 cm³/mol. The molecule has 4 heterocycles. The average Bonchev–Trinajstić information content (AvgIpc) is 3.38. The molecule has 0 saturated carbocycles. The monoisotopic (exact) mass is 508 g/mol. The first-order valence-corrected chi connectivity index (χ1v) is 13.1. The van der Waals surface area contributed by atoms with Gasteiger partial charge in [0.1, 0.15) is 18.5 Å². The Morgan fingerprint density at radius 1 is 1.23 bits per heavy atom. The van der Waals surface area contributed by atoms with Crippen LogP contribution in [0.4, 0.5) is 10.9 Å². The van der Waals surface area contributed by atoms with E-state index in [0.717, 1.165) is 41.1 Å². The highest BCUT2D eigenvalue weighted by molar-refractivity contribution is 7.98. The second-order valence-corrected chi connectivity index (χ2v) is 9.86. The van der Waals surface area contributed by atoms with Crippen LogP contribution in [-0.2, 0) is 12.2 Å². The van der Waals surface area contributed by atoms with E-state index in [1.807, 2.05) is 30.5 Å². The van der Waals surface area contributed by atoms with Gasteiger partial charge in [0.05, 0.1) is 23.7 Å². The molecule has 9 nitrogen and oxygen atoms in total. The van der Waals surface area contributed by atoms with Gasteiger partial charge in [-0.15, -0.1) is 23.1 Å². The van der Waals surface area contributed by atoms with Crippen molar-refractivity contribution in [2.75, 3.05) is 11.9 Å². The lowest BCUT2D eigenvalue weighted by atomic mass is 9.94. The van der Waals surface area contributed by atoms with Gasteiger partial charge in [-0.25, -0.2) is 19.9 Å². The Balaban J connectivity index is 1.41. The summed E-state index contributed by atoms with van der Waals surface area (Å²) in [6.07, 6.45) is 8.53. The molecule has 3 N–H and O–H groups in total. The lowest BCUT2D eigenvalue weighted by Gasteiger charge is -2.26. The van der Waals surface area contributed by atoms with E-state index in [0.29, 0.717) is 28.1 Å². The van der Waals surface area contributed by atoms with Gasteiger partial charge in [0.25, 0.3) is 0 Å². The second-order valence-electron chi connectivity index (χ2n) is 7.95. The summed E-state index contributed by atoms with van der Waals surface area (Å²) in [7, 11) is 0. The van der Waals surface area contributed by atoms with Crippen LogP contribution >= 0.6 is 23.1 Å². The molecule has 0 saturated heterocycles. The van der Waals surface area contributed by atoms with E-state index in [4.69, 9.17) is 4.74 Å². The highest BCUT2D eigenvalue weighted by Crippen LogP contribution is 2.38. The molecule has 1 aliphatic carbocycles. The van der Waals surface area contributed by atoms with Crippen LogP contribution in [0.2, 0.25) is 0 Å². The number of nitrogens with zero attached hydrogens (tertiary/aromatic N) is 5. The number of nitrogens with one attached hydrogen (secondary N) is 1. The number of ether oxygens (including phenoxy) is 1. The van der Waals surface area contributed by atoms with Gasteiger partial charge in [0.2, 0.25) is 0 Å². The fourth-order valence-electron chi connectivity index (χ4n) is 3.75. The van der Waals surface area contributed by atoms with E-state index in [1.54, 1.807) is 35.9 Å². The molecule has 0 fully saturated rings. The van der Waals surface area contributed by atoms with E-state index in [2.05, 4.69) is 30.2 Å². The summed E-state index contributed by atoms with van der Waals surface area (Å²) in [5.41, 5.74) is 3.41. The first-order valence-electron chi connectivity index (χ1n) is 11.2. The lowest BCUT2D eigenvalue weighted by Crippen LogP contribution is -2.17. The van der Waals surface area contributed by atoms with Crippen molar-refractivity contribution in [2.24, 2.45) is 0 Å². The molecular formula is C24H24N6O3S2. The number of hydrogen-bond acceptors (Lipinski definition) is 11. The zero-order valence-corrected chi connectivity index (χ0v) is 20.4.